The highest BCUT2D eigenvalue weighted by atomic mass is 32.2. The third kappa shape index (κ3) is 2.76. The summed E-state index contributed by atoms with van der Waals surface area (Å²) in [5.74, 6) is 2.31. The van der Waals surface area contributed by atoms with E-state index in [9.17, 15) is 0 Å². The van der Waals surface area contributed by atoms with E-state index < -0.39 is 0 Å². The number of thioether (sulfide) groups is 1. The number of hydrogen-bond donors (Lipinski definition) is 1. The third-order valence-corrected chi connectivity index (χ3v) is 6.20. The zero-order valence-electron chi connectivity index (χ0n) is 10.9. The van der Waals surface area contributed by atoms with Crippen LogP contribution in [-0.4, -0.2) is 23.6 Å². The van der Waals surface area contributed by atoms with Gasteiger partial charge in [0.1, 0.15) is 0 Å². The quantitative estimate of drug-likeness (QED) is 0.754. The van der Waals surface area contributed by atoms with Crippen molar-refractivity contribution >= 4 is 11.8 Å². The molecule has 0 bridgehead atoms. The standard InChI is InChI=1S/C14H27NS/c1-14(10-7-11-16-14)13(15-2)12-8-5-3-4-6-9-12/h12-13,15H,3-11H2,1-2H3. The molecular weight excluding hydrogens is 214 g/mol. The lowest BCUT2D eigenvalue weighted by molar-refractivity contribution is 0.277. The van der Waals surface area contributed by atoms with Gasteiger partial charge in [-0.25, -0.2) is 0 Å². The van der Waals surface area contributed by atoms with Gasteiger partial charge in [0.05, 0.1) is 0 Å². The number of hydrogen-bond acceptors (Lipinski definition) is 2. The van der Waals surface area contributed by atoms with Crippen molar-refractivity contribution in [1.29, 1.82) is 0 Å². The van der Waals surface area contributed by atoms with Gasteiger partial charge < -0.3 is 5.32 Å². The molecular formula is C14H27NS. The Bertz CT molecular complexity index is 203. The summed E-state index contributed by atoms with van der Waals surface area (Å²) in [4.78, 5) is 0. The summed E-state index contributed by atoms with van der Waals surface area (Å²) in [5.41, 5.74) is 0. The minimum atomic E-state index is 0.518. The van der Waals surface area contributed by atoms with Crippen LogP contribution in [0.4, 0.5) is 0 Å². The molecule has 2 unspecified atom stereocenters. The zero-order chi connectivity index (χ0) is 11.4. The van der Waals surface area contributed by atoms with Gasteiger partial charge in [0.25, 0.3) is 0 Å². The second kappa shape index (κ2) is 5.77. The van der Waals surface area contributed by atoms with Crippen molar-refractivity contribution in [2.24, 2.45) is 5.92 Å². The molecule has 0 amide bonds. The normalized spacial score (nSPS) is 34.9. The molecule has 0 aromatic carbocycles. The van der Waals surface area contributed by atoms with Gasteiger partial charge in [0.15, 0.2) is 0 Å². The molecule has 0 radical (unpaired) electrons. The first-order valence-electron chi connectivity index (χ1n) is 7.07. The van der Waals surface area contributed by atoms with Crippen LogP contribution in [0, 0.1) is 5.92 Å². The van der Waals surface area contributed by atoms with E-state index in [0.717, 1.165) is 12.0 Å². The van der Waals surface area contributed by atoms with Gasteiger partial charge >= 0.3 is 0 Å². The molecule has 0 aromatic heterocycles. The summed E-state index contributed by atoms with van der Waals surface area (Å²) in [5, 5.41) is 3.66. The van der Waals surface area contributed by atoms with E-state index in [1.807, 2.05) is 0 Å². The predicted octanol–water partition coefficient (Wildman–Crippen LogP) is 3.83. The molecule has 1 aliphatic carbocycles. The topological polar surface area (TPSA) is 12.0 Å². The van der Waals surface area contributed by atoms with Crippen molar-refractivity contribution in [2.45, 2.75) is 69.1 Å². The van der Waals surface area contributed by atoms with E-state index in [2.05, 4.69) is 31.1 Å². The van der Waals surface area contributed by atoms with E-state index in [4.69, 9.17) is 0 Å². The zero-order valence-corrected chi connectivity index (χ0v) is 11.7. The Morgan fingerprint density at radius 3 is 2.31 bits per heavy atom. The molecule has 1 heterocycles. The SMILES string of the molecule is CNC(C1CCCCCC1)C1(C)CCCS1. The fourth-order valence-electron chi connectivity index (χ4n) is 3.73. The van der Waals surface area contributed by atoms with Crippen LogP contribution in [0.2, 0.25) is 0 Å². The molecule has 0 spiro atoms. The lowest BCUT2D eigenvalue weighted by atomic mass is 9.82. The number of nitrogens with one attached hydrogen (secondary N) is 1. The van der Waals surface area contributed by atoms with Crippen molar-refractivity contribution in [2.75, 3.05) is 12.8 Å². The summed E-state index contributed by atoms with van der Waals surface area (Å²) >= 11 is 2.22. The Labute approximate surface area is 105 Å². The molecule has 2 fully saturated rings. The summed E-state index contributed by atoms with van der Waals surface area (Å²) in [6.07, 6.45) is 11.6. The molecule has 1 aliphatic heterocycles. The van der Waals surface area contributed by atoms with Crippen LogP contribution in [0.1, 0.15) is 58.3 Å². The fourth-order valence-corrected chi connectivity index (χ4v) is 5.26. The van der Waals surface area contributed by atoms with Crippen LogP contribution in [0.15, 0.2) is 0 Å². The first-order chi connectivity index (χ1) is 7.76. The van der Waals surface area contributed by atoms with Crippen LogP contribution >= 0.6 is 11.8 Å². The van der Waals surface area contributed by atoms with E-state index in [1.165, 1.54) is 57.1 Å². The van der Waals surface area contributed by atoms with E-state index in [1.54, 1.807) is 0 Å². The van der Waals surface area contributed by atoms with E-state index >= 15 is 0 Å². The van der Waals surface area contributed by atoms with Crippen LogP contribution in [0.3, 0.4) is 0 Å². The third-order valence-electron chi connectivity index (χ3n) is 4.59. The van der Waals surface area contributed by atoms with Crippen molar-refractivity contribution < 1.29 is 0 Å². The second-order valence-electron chi connectivity index (χ2n) is 5.78. The molecule has 94 valence electrons. The van der Waals surface area contributed by atoms with Crippen LogP contribution in [-0.2, 0) is 0 Å². The van der Waals surface area contributed by atoms with E-state index in [0.29, 0.717) is 4.75 Å². The Kier molecular flexibility index (Phi) is 4.60. The van der Waals surface area contributed by atoms with Crippen molar-refractivity contribution in [3.8, 4) is 0 Å². The van der Waals surface area contributed by atoms with Crippen LogP contribution < -0.4 is 5.32 Å². The molecule has 2 aliphatic rings. The van der Waals surface area contributed by atoms with Crippen molar-refractivity contribution in [3.63, 3.8) is 0 Å². The van der Waals surface area contributed by atoms with E-state index in [-0.39, 0.29) is 0 Å². The Hall–Kier alpha value is 0.310. The number of rotatable bonds is 3. The predicted molar refractivity (Wildman–Crippen MR) is 74.1 cm³/mol. The molecule has 1 saturated heterocycles. The Morgan fingerprint density at radius 2 is 1.81 bits per heavy atom. The van der Waals surface area contributed by atoms with Gasteiger partial charge in [-0.15, -0.1) is 0 Å². The van der Waals surface area contributed by atoms with Gasteiger partial charge in [-0.3, -0.25) is 0 Å². The largest absolute Gasteiger partial charge is 0.315 e. The maximum absolute atomic E-state index is 3.66. The average molecular weight is 241 g/mol. The van der Waals surface area contributed by atoms with Crippen molar-refractivity contribution in [3.05, 3.63) is 0 Å². The molecule has 2 atom stereocenters. The maximum atomic E-state index is 3.66. The van der Waals surface area contributed by atoms with Gasteiger partial charge in [-0.1, -0.05) is 25.7 Å². The monoisotopic (exact) mass is 241 g/mol. The summed E-state index contributed by atoms with van der Waals surface area (Å²) in [6, 6.07) is 0.748. The lowest BCUT2D eigenvalue weighted by Crippen LogP contribution is -2.48. The molecule has 1 nitrogen and oxygen atoms in total. The maximum Gasteiger partial charge on any atom is 0.0287 e. The highest BCUT2D eigenvalue weighted by Crippen LogP contribution is 2.44. The summed E-state index contributed by atoms with van der Waals surface area (Å²) in [6.45, 7) is 2.50. The molecule has 2 heteroatoms. The average Bonchev–Trinajstić information content (AvgIpc) is 2.54. The minimum absolute atomic E-state index is 0.518. The Morgan fingerprint density at radius 1 is 1.12 bits per heavy atom. The first-order valence-corrected chi connectivity index (χ1v) is 8.06. The molecule has 16 heavy (non-hydrogen) atoms. The lowest BCUT2D eigenvalue weighted by Gasteiger charge is -2.38. The summed E-state index contributed by atoms with van der Waals surface area (Å²) < 4.78 is 0.518. The molecule has 1 saturated carbocycles. The summed E-state index contributed by atoms with van der Waals surface area (Å²) in [7, 11) is 2.18. The minimum Gasteiger partial charge on any atom is -0.315 e. The Balaban J connectivity index is 2.02. The van der Waals surface area contributed by atoms with Gasteiger partial charge in [-0.05, 0) is 51.3 Å². The molecule has 1 N–H and O–H groups in total. The second-order valence-corrected chi connectivity index (χ2v) is 7.41. The highest BCUT2D eigenvalue weighted by Gasteiger charge is 2.40. The van der Waals surface area contributed by atoms with Gasteiger partial charge in [0.2, 0.25) is 0 Å². The van der Waals surface area contributed by atoms with Gasteiger partial charge in [0, 0.05) is 10.8 Å². The molecule has 2 rings (SSSR count). The van der Waals surface area contributed by atoms with Crippen LogP contribution in [0.25, 0.3) is 0 Å². The van der Waals surface area contributed by atoms with Crippen LogP contribution in [0.5, 0.6) is 0 Å². The van der Waals surface area contributed by atoms with Gasteiger partial charge in [-0.2, -0.15) is 11.8 Å². The molecule has 0 aromatic rings. The smallest absolute Gasteiger partial charge is 0.0287 e. The highest BCUT2D eigenvalue weighted by molar-refractivity contribution is 8.00. The van der Waals surface area contributed by atoms with Crippen molar-refractivity contribution in [1.82, 2.24) is 5.32 Å². The fraction of sp³-hybridized carbons (Fsp3) is 1.00. The first kappa shape index (κ1) is 12.8.